The van der Waals surface area contributed by atoms with Crippen molar-refractivity contribution in [3.8, 4) is 34.0 Å². The maximum absolute atomic E-state index is 12.4. The summed E-state index contributed by atoms with van der Waals surface area (Å²) in [6.45, 7) is 1.15. The number of Topliss-reactive ketones (excluding diaryl/α,β-unsaturated/α-hetero) is 1. The molecule has 2 aromatic carbocycles. The first-order chi connectivity index (χ1) is 15.6. The van der Waals surface area contributed by atoms with Crippen LogP contribution >= 0.6 is 0 Å². The van der Waals surface area contributed by atoms with Crippen LogP contribution < -0.4 is 9.47 Å². The number of hydrogen-bond acceptors (Lipinski definition) is 6. The van der Waals surface area contributed by atoms with Gasteiger partial charge in [0, 0.05) is 29.3 Å². The number of carbonyl (C=O) groups is 1. The molecule has 0 saturated heterocycles. The Morgan fingerprint density at radius 3 is 2.59 bits per heavy atom. The van der Waals surface area contributed by atoms with Gasteiger partial charge >= 0.3 is 0 Å². The zero-order chi connectivity index (χ0) is 22.1. The second-order valence-electron chi connectivity index (χ2n) is 8.12. The van der Waals surface area contributed by atoms with Gasteiger partial charge in [-0.2, -0.15) is 0 Å². The number of ether oxygens (including phenoxy) is 2. The van der Waals surface area contributed by atoms with E-state index in [0.29, 0.717) is 6.42 Å². The van der Waals surface area contributed by atoms with E-state index in [0.717, 1.165) is 58.2 Å². The van der Waals surface area contributed by atoms with Gasteiger partial charge in [-0.05, 0) is 45.3 Å². The Labute approximate surface area is 186 Å². The van der Waals surface area contributed by atoms with Crippen LogP contribution in [-0.2, 0) is 0 Å². The van der Waals surface area contributed by atoms with Crippen LogP contribution in [0.3, 0.4) is 0 Å². The van der Waals surface area contributed by atoms with Crippen LogP contribution in [0.1, 0.15) is 23.2 Å². The van der Waals surface area contributed by atoms with Crippen molar-refractivity contribution in [1.82, 2.24) is 19.3 Å². The topological polar surface area (TPSA) is 69.0 Å². The summed E-state index contributed by atoms with van der Waals surface area (Å²) in [5.41, 5.74) is 5.17. The highest BCUT2D eigenvalue weighted by atomic mass is 16.7. The molecule has 0 unspecified atom stereocenters. The van der Waals surface area contributed by atoms with Crippen molar-refractivity contribution < 1.29 is 14.3 Å². The van der Waals surface area contributed by atoms with Gasteiger partial charge in [-0.15, -0.1) is 0 Å². The van der Waals surface area contributed by atoms with Crippen molar-refractivity contribution in [2.24, 2.45) is 0 Å². The minimum Gasteiger partial charge on any atom is -0.454 e. The van der Waals surface area contributed by atoms with E-state index in [1.807, 2.05) is 73.4 Å². The van der Waals surface area contributed by atoms with E-state index in [2.05, 4.69) is 14.9 Å². The Hall–Kier alpha value is -3.71. The Morgan fingerprint density at radius 1 is 1.00 bits per heavy atom. The number of rotatable bonds is 7. The predicted octanol–water partition coefficient (Wildman–Crippen LogP) is 4.32. The highest BCUT2D eigenvalue weighted by molar-refractivity contribution is 5.96. The summed E-state index contributed by atoms with van der Waals surface area (Å²) in [6, 6.07) is 13.5. The van der Waals surface area contributed by atoms with E-state index in [1.165, 1.54) is 0 Å². The zero-order valence-corrected chi connectivity index (χ0v) is 18.1. The number of aromatic nitrogens is 3. The first-order valence-electron chi connectivity index (χ1n) is 10.6. The molecule has 0 bridgehead atoms. The molecule has 1 aliphatic heterocycles. The largest absolute Gasteiger partial charge is 0.454 e. The summed E-state index contributed by atoms with van der Waals surface area (Å²) < 4.78 is 12.9. The van der Waals surface area contributed by atoms with Crippen LogP contribution in [0, 0.1) is 0 Å². The standard InChI is InChI=1S/C25H24N4O3/c1-28(2)11-3-4-22(30)18-7-5-17(6-8-18)20-15-29-21(13-27-25(29)14-26-20)19-9-10-23-24(12-19)32-16-31-23/h5-10,12-15H,3-4,11,16H2,1-2H3. The van der Waals surface area contributed by atoms with Gasteiger partial charge < -0.3 is 14.4 Å². The molecule has 5 rings (SSSR count). The van der Waals surface area contributed by atoms with Gasteiger partial charge in [0.05, 0.1) is 23.8 Å². The molecule has 7 nitrogen and oxygen atoms in total. The molecule has 3 heterocycles. The SMILES string of the molecule is CN(C)CCCC(=O)c1ccc(-c2cn3c(-c4ccc5c(c4)OCO5)cnc3cn2)cc1. The van der Waals surface area contributed by atoms with Gasteiger partial charge in [0.1, 0.15) is 0 Å². The Balaban J connectivity index is 1.40. The van der Waals surface area contributed by atoms with Crippen molar-refractivity contribution in [2.45, 2.75) is 12.8 Å². The van der Waals surface area contributed by atoms with Gasteiger partial charge in [-0.25, -0.2) is 4.98 Å². The third-order valence-corrected chi connectivity index (χ3v) is 5.58. The zero-order valence-electron chi connectivity index (χ0n) is 18.1. The fourth-order valence-corrected chi connectivity index (χ4v) is 3.83. The van der Waals surface area contributed by atoms with E-state index in [1.54, 1.807) is 6.20 Å². The molecule has 0 aliphatic carbocycles. The molecule has 0 fully saturated rings. The minimum atomic E-state index is 0.168. The average molecular weight is 428 g/mol. The lowest BCUT2D eigenvalue weighted by Crippen LogP contribution is -2.14. The van der Waals surface area contributed by atoms with Gasteiger partial charge in [-0.1, -0.05) is 24.3 Å². The lowest BCUT2D eigenvalue weighted by molar-refractivity contribution is 0.0977. The maximum Gasteiger partial charge on any atom is 0.231 e. The molecule has 1 aliphatic rings. The van der Waals surface area contributed by atoms with Crippen LogP contribution in [0.4, 0.5) is 0 Å². The third kappa shape index (κ3) is 3.94. The molecule has 0 saturated carbocycles. The Morgan fingerprint density at radius 2 is 1.78 bits per heavy atom. The number of ketones is 1. The molecular weight excluding hydrogens is 404 g/mol. The van der Waals surface area contributed by atoms with E-state index in [9.17, 15) is 4.79 Å². The number of hydrogen-bond donors (Lipinski definition) is 0. The van der Waals surface area contributed by atoms with Crippen LogP contribution in [0.15, 0.2) is 61.1 Å². The lowest BCUT2D eigenvalue weighted by Gasteiger charge is -2.09. The van der Waals surface area contributed by atoms with E-state index >= 15 is 0 Å². The second-order valence-corrected chi connectivity index (χ2v) is 8.12. The second kappa shape index (κ2) is 8.43. The molecule has 7 heteroatoms. The van der Waals surface area contributed by atoms with Gasteiger partial charge in [0.15, 0.2) is 22.9 Å². The molecule has 0 amide bonds. The summed E-state index contributed by atoms with van der Waals surface area (Å²) >= 11 is 0. The minimum absolute atomic E-state index is 0.168. The molecule has 0 radical (unpaired) electrons. The predicted molar refractivity (Wildman–Crippen MR) is 122 cm³/mol. The first kappa shape index (κ1) is 20.2. The lowest BCUT2D eigenvalue weighted by atomic mass is 10.0. The van der Waals surface area contributed by atoms with Gasteiger partial charge in [0.25, 0.3) is 0 Å². The molecule has 32 heavy (non-hydrogen) atoms. The molecule has 0 spiro atoms. The van der Waals surface area contributed by atoms with Crippen molar-refractivity contribution in [3.05, 3.63) is 66.6 Å². The summed E-state index contributed by atoms with van der Waals surface area (Å²) in [6.07, 6.45) is 6.96. The van der Waals surface area contributed by atoms with E-state index in [-0.39, 0.29) is 12.6 Å². The molecule has 0 atom stereocenters. The maximum atomic E-state index is 12.4. The smallest absolute Gasteiger partial charge is 0.231 e. The average Bonchev–Trinajstić information content (AvgIpc) is 3.44. The Kier molecular flexibility index (Phi) is 5.33. The summed E-state index contributed by atoms with van der Waals surface area (Å²) in [5.74, 6) is 1.65. The fraction of sp³-hybridized carbons (Fsp3) is 0.240. The van der Waals surface area contributed by atoms with Crippen LogP contribution in [0.25, 0.3) is 28.2 Å². The number of carbonyl (C=O) groups excluding carboxylic acids is 1. The summed E-state index contributed by atoms with van der Waals surface area (Å²) in [4.78, 5) is 23.6. The normalized spacial score (nSPS) is 12.6. The molecule has 0 N–H and O–H groups in total. The molecule has 162 valence electrons. The number of imidazole rings is 1. The quantitative estimate of drug-likeness (QED) is 0.409. The van der Waals surface area contributed by atoms with E-state index < -0.39 is 0 Å². The van der Waals surface area contributed by atoms with Crippen molar-refractivity contribution in [2.75, 3.05) is 27.4 Å². The van der Waals surface area contributed by atoms with Crippen molar-refractivity contribution >= 4 is 11.4 Å². The highest BCUT2D eigenvalue weighted by Gasteiger charge is 2.16. The number of fused-ring (bicyclic) bond motifs is 2. The van der Waals surface area contributed by atoms with Crippen LogP contribution in [-0.4, -0.2) is 52.5 Å². The summed E-state index contributed by atoms with van der Waals surface area (Å²) in [5, 5.41) is 0. The monoisotopic (exact) mass is 428 g/mol. The van der Waals surface area contributed by atoms with Crippen LogP contribution in [0.5, 0.6) is 11.5 Å². The molecule has 4 aromatic rings. The van der Waals surface area contributed by atoms with Gasteiger partial charge in [-0.3, -0.25) is 14.2 Å². The van der Waals surface area contributed by atoms with Crippen molar-refractivity contribution in [1.29, 1.82) is 0 Å². The number of nitrogens with zero attached hydrogens (tertiary/aromatic N) is 4. The number of benzene rings is 2. The Bertz CT molecular complexity index is 1280. The first-order valence-corrected chi connectivity index (χ1v) is 10.6. The van der Waals surface area contributed by atoms with Gasteiger partial charge in [0.2, 0.25) is 6.79 Å². The highest BCUT2D eigenvalue weighted by Crippen LogP contribution is 2.36. The van der Waals surface area contributed by atoms with Crippen LogP contribution in [0.2, 0.25) is 0 Å². The third-order valence-electron chi connectivity index (χ3n) is 5.58. The van der Waals surface area contributed by atoms with E-state index in [4.69, 9.17) is 9.47 Å². The van der Waals surface area contributed by atoms with Crippen molar-refractivity contribution in [3.63, 3.8) is 0 Å². The molecule has 2 aromatic heterocycles. The fourth-order valence-electron chi connectivity index (χ4n) is 3.83. The summed E-state index contributed by atoms with van der Waals surface area (Å²) in [7, 11) is 4.03. The molecular formula is C25H24N4O3.